The summed E-state index contributed by atoms with van der Waals surface area (Å²) in [5, 5.41) is 9.33. The molecule has 0 radical (unpaired) electrons. The minimum absolute atomic E-state index is 0. The molecule has 0 aromatic rings. The highest BCUT2D eigenvalue weighted by atomic mass is 127. The van der Waals surface area contributed by atoms with Gasteiger partial charge in [0, 0.05) is 45.3 Å². The molecule has 0 aliphatic carbocycles. The zero-order valence-corrected chi connectivity index (χ0v) is 18.2. The summed E-state index contributed by atoms with van der Waals surface area (Å²) in [5.41, 5.74) is 0. The number of carbonyl (C=O) groups excluding carboxylic acids is 1. The molecule has 0 rings (SSSR count). The van der Waals surface area contributed by atoms with Gasteiger partial charge in [-0.1, -0.05) is 20.3 Å². The Bertz CT molecular complexity index is 328. The van der Waals surface area contributed by atoms with Crippen LogP contribution in [0.1, 0.15) is 59.8 Å². The number of halogens is 1. The van der Waals surface area contributed by atoms with Gasteiger partial charge in [0.2, 0.25) is 5.91 Å². The fourth-order valence-electron chi connectivity index (χ4n) is 1.79. The molecule has 0 aromatic heterocycles. The van der Waals surface area contributed by atoms with E-state index in [1.54, 1.807) is 0 Å². The van der Waals surface area contributed by atoms with E-state index in [9.17, 15) is 4.79 Å². The lowest BCUT2D eigenvalue weighted by Crippen LogP contribution is -2.40. The summed E-state index contributed by atoms with van der Waals surface area (Å²) < 4.78 is 5.51. The van der Waals surface area contributed by atoms with Gasteiger partial charge in [0.25, 0.3) is 0 Å². The number of unbranched alkanes of at least 4 members (excludes halogenated alkanes) is 1. The van der Waals surface area contributed by atoms with E-state index < -0.39 is 0 Å². The van der Waals surface area contributed by atoms with Gasteiger partial charge in [-0.2, -0.15) is 0 Å². The minimum Gasteiger partial charge on any atom is -0.381 e. The lowest BCUT2D eigenvalue weighted by atomic mass is 10.2. The summed E-state index contributed by atoms with van der Waals surface area (Å²) in [5.74, 6) is 0.837. The smallest absolute Gasteiger partial charge is 0.221 e. The average Bonchev–Trinajstić information content (AvgIpc) is 2.53. The molecule has 3 N–H and O–H groups in total. The standard InChI is InChI=1S/C17H36N4O2.HI/c1-5-8-13-23-14-9-11-19-17(18-7-3)20-12-10-16(22)21-15(4)6-2;/h15H,5-14H2,1-4H3,(H,21,22)(H2,18,19,20);1H. The number of guanidine groups is 1. The van der Waals surface area contributed by atoms with Crippen molar-refractivity contribution in [3.05, 3.63) is 0 Å². The van der Waals surface area contributed by atoms with E-state index in [2.05, 4.69) is 34.8 Å². The Morgan fingerprint density at radius 1 is 1.12 bits per heavy atom. The van der Waals surface area contributed by atoms with Crippen molar-refractivity contribution in [2.45, 2.75) is 65.8 Å². The van der Waals surface area contributed by atoms with Crippen LogP contribution in [0.2, 0.25) is 0 Å². The van der Waals surface area contributed by atoms with E-state index in [0.29, 0.717) is 13.0 Å². The number of nitrogens with zero attached hydrogens (tertiary/aromatic N) is 1. The Kier molecular flexibility index (Phi) is 20.1. The second-order valence-electron chi connectivity index (χ2n) is 5.63. The minimum atomic E-state index is 0. The second-order valence-corrected chi connectivity index (χ2v) is 5.63. The van der Waals surface area contributed by atoms with Gasteiger partial charge in [0.15, 0.2) is 5.96 Å². The van der Waals surface area contributed by atoms with E-state index in [-0.39, 0.29) is 35.9 Å². The van der Waals surface area contributed by atoms with Crippen molar-refractivity contribution in [3.8, 4) is 0 Å². The molecule has 24 heavy (non-hydrogen) atoms. The Labute approximate surface area is 165 Å². The predicted molar refractivity (Wildman–Crippen MR) is 112 cm³/mol. The van der Waals surface area contributed by atoms with Crippen molar-refractivity contribution < 1.29 is 9.53 Å². The fourth-order valence-corrected chi connectivity index (χ4v) is 1.79. The lowest BCUT2D eigenvalue weighted by Gasteiger charge is -2.13. The molecule has 0 bridgehead atoms. The van der Waals surface area contributed by atoms with Gasteiger partial charge >= 0.3 is 0 Å². The van der Waals surface area contributed by atoms with Crippen LogP contribution in [-0.4, -0.2) is 50.8 Å². The molecule has 0 saturated carbocycles. The summed E-state index contributed by atoms with van der Waals surface area (Å²) in [6, 6.07) is 0.233. The van der Waals surface area contributed by atoms with Gasteiger partial charge < -0.3 is 20.7 Å². The van der Waals surface area contributed by atoms with Crippen LogP contribution in [-0.2, 0) is 9.53 Å². The highest BCUT2D eigenvalue weighted by molar-refractivity contribution is 14.0. The van der Waals surface area contributed by atoms with Crippen molar-refractivity contribution >= 4 is 35.8 Å². The molecular weight excluding hydrogens is 419 g/mol. The summed E-state index contributed by atoms with van der Waals surface area (Å²) >= 11 is 0. The predicted octanol–water partition coefficient (Wildman–Crippen LogP) is 2.67. The van der Waals surface area contributed by atoms with Crippen LogP contribution in [0.4, 0.5) is 0 Å². The highest BCUT2D eigenvalue weighted by Crippen LogP contribution is 1.91. The van der Waals surface area contributed by atoms with Crippen LogP contribution in [0.25, 0.3) is 0 Å². The molecule has 0 aliphatic rings. The Morgan fingerprint density at radius 2 is 1.83 bits per heavy atom. The van der Waals surface area contributed by atoms with Gasteiger partial charge in [-0.25, -0.2) is 0 Å². The maximum atomic E-state index is 11.7. The third-order valence-corrected chi connectivity index (χ3v) is 3.37. The number of nitrogens with one attached hydrogen (secondary N) is 3. The van der Waals surface area contributed by atoms with E-state index in [1.807, 2.05) is 13.8 Å². The van der Waals surface area contributed by atoms with Crippen molar-refractivity contribution in [1.82, 2.24) is 16.0 Å². The van der Waals surface area contributed by atoms with Crippen LogP contribution < -0.4 is 16.0 Å². The Morgan fingerprint density at radius 3 is 2.46 bits per heavy atom. The quantitative estimate of drug-likeness (QED) is 0.173. The summed E-state index contributed by atoms with van der Waals surface area (Å²) in [6.07, 6.45) is 4.59. The molecule has 1 atom stereocenters. The number of carbonyl (C=O) groups is 1. The largest absolute Gasteiger partial charge is 0.381 e. The van der Waals surface area contributed by atoms with Gasteiger partial charge in [-0.3, -0.25) is 9.79 Å². The van der Waals surface area contributed by atoms with E-state index >= 15 is 0 Å². The summed E-state index contributed by atoms with van der Waals surface area (Å²) in [4.78, 5) is 16.2. The van der Waals surface area contributed by atoms with Crippen LogP contribution >= 0.6 is 24.0 Å². The van der Waals surface area contributed by atoms with Gasteiger partial charge in [0.05, 0.1) is 0 Å². The number of hydrogen-bond acceptors (Lipinski definition) is 3. The van der Waals surface area contributed by atoms with Crippen LogP contribution in [0.3, 0.4) is 0 Å². The van der Waals surface area contributed by atoms with Gasteiger partial charge in [0.1, 0.15) is 0 Å². The monoisotopic (exact) mass is 456 g/mol. The first kappa shape index (κ1) is 25.7. The van der Waals surface area contributed by atoms with Crippen LogP contribution in [0, 0.1) is 0 Å². The molecular formula is C17H37IN4O2. The first-order valence-corrected chi connectivity index (χ1v) is 9.03. The topological polar surface area (TPSA) is 74.8 Å². The molecule has 0 heterocycles. The first-order valence-electron chi connectivity index (χ1n) is 9.03. The number of ether oxygens (including phenoxy) is 1. The average molecular weight is 456 g/mol. The zero-order valence-electron chi connectivity index (χ0n) is 15.8. The number of rotatable bonds is 13. The highest BCUT2D eigenvalue weighted by Gasteiger charge is 2.05. The van der Waals surface area contributed by atoms with Crippen molar-refractivity contribution in [3.63, 3.8) is 0 Å². The Hall–Kier alpha value is -0.570. The molecule has 1 unspecified atom stereocenters. The van der Waals surface area contributed by atoms with Crippen molar-refractivity contribution in [2.75, 3.05) is 32.8 Å². The van der Waals surface area contributed by atoms with Gasteiger partial charge in [-0.05, 0) is 33.1 Å². The Balaban J connectivity index is 0. The fraction of sp³-hybridized carbons (Fsp3) is 0.882. The van der Waals surface area contributed by atoms with E-state index in [4.69, 9.17) is 4.74 Å². The molecule has 0 aromatic carbocycles. The molecule has 0 saturated heterocycles. The zero-order chi connectivity index (χ0) is 17.3. The second kappa shape index (κ2) is 18.8. The summed E-state index contributed by atoms with van der Waals surface area (Å²) in [6.45, 7) is 12.0. The normalized spacial score (nSPS) is 12.2. The third kappa shape index (κ3) is 16.3. The third-order valence-electron chi connectivity index (χ3n) is 3.37. The summed E-state index contributed by atoms with van der Waals surface area (Å²) in [7, 11) is 0. The molecule has 0 spiro atoms. The molecule has 6 nitrogen and oxygen atoms in total. The SMILES string of the molecule is CCCCOCCCN=C(NCC)NCCC(=O)NC(C)CC.I. The van der Waals surface area contributed by atoms with E-state index in [1.165, 1.54) is 0 Å². The van der Waals surface area contributed by atoms with Crippen molar-refractivity contribution in [2.24, 2.45) is 4.99 Å². The first-order chi connectivity index (χ1) is 11.1. The molecule has 0 aliphatic heterocycles. The number of aliphatic imine (C=N–C) groups is 1. The maximum absolute atomic E-state index is 11.7. The van der Waals surface area contributed by atoms with E-state index in [0.717, 1.165) is 57.9 Å². The van der Waals surface area contributed by atoms with Crippen molar-refractivity contribution in [1.29, 1.82) is 0 Å². The molecule has 7 heteroatoms. The van der Waals surface area contributed by atoms with Crippen LogP contribution in [0.5, 0.6) is 0 Å². The number of hydrogen-bond donors (Lipinski definition) is 3. The molecule has 0 fully saturated rings. The number of amides is 1. The van der Waals surface area contributed by atoms with Crippen LogP contribution in [0.15, 0.2) is 4.99 Å². The molecule has 1 amide bonds. The molecule has 144 valence electrons. The lowest BCUT2D eigenvalue weighted by molar-refractivity contribution is -0.121. The van der Waals surface area contributed by atoms with Gasteiger partial charge in [-0.15, -0.1) is 24.0 Å². The maximum Gasteiger partial charge on any atom is 0.221 e.